The third-order valence-electron chi connectivity index (χ3n) is 5.84. The van der Waals surface area contributed by atoms with Crippen LogP contribution in [0.25, 0.3) is 0 Å². The van der Waals surface area contributed by atoms with Crippen molar-refractivity contribution in [1.82, 2.24) is 19.8 Å². The number of morpholine rings is 1. The number of piperazine rings is 1. The molecule has 3 saturated heterocycles. The number of carbonyl (C=O) groups excluding carboxylic acids is 1. The van der Waals surface area contributed by atoms with E-state index in [9.17, 15) is 4.79 Å². The second kappa shape index (κ2) is 8.61. The zero-order valence-electron chi connectivity index (χ0n) is 17.1. The molecule has 0 aromatic carbocycles. The summed E-state index contributed by atoms with van der Waals surface area (Å²) in [7, 11) is 0. The van der Waals surface area contributed by atoms with Crippen LogP contribution in [-0.4, -0.2) is 96.8 Å². The van der Waals surface area contributed by atoms with Crippen LogP contribution in [0.1, 0.15) is 26.7 Å². The van der Waals surface area contributed by atoms with Crippen molar-refractivity contribution >= 4 is 17.7 Å². The van der Waals surface area contributed by atoms with Gasteiger partial charge in [-0.1, -0.05) is 0 Å². The molecule has 8 heteroatoms. The van der Waals surface area contributed by atoms with Gasteiger partial charge in [0.15, 0.2) is 0 Å². The smallest absolute Gasteiger partial charge is 0.236 e. The summed E-state index contributed by atoms with van der Waals surface area (Å²) in [6.45, 7) is 11.6. The molecule has 0 N–H and O–H groups in total. The Morgan fingerprint density at radius 2 is 1.71 bits per heavy atom. The van der Waals surface area contributed by atoms with Gasteiger partial charge in [0.25, 0.3) is 0 Å². The molecule has 0 aliphatic carbocycles. The molecule has 4 heterocycles. The summed E-state index contributed by atoms with van der Waals surface area (Å²) < 4.78 is 5.74. The highest BCUT2D eigenvalue weighted by Crippen LogP contribution is 2.20. The van der Waals surface area contributed by atoms with E-state index in [0.29, 0.717) is 19.6 Å². The predicted octanol–water partition coefficient (Wildman–Crippen LogP) is 0.835. The molecule has 2 unspecified atom stereocenters. The number of rotatable bonds is 4. The zero-order chi connectivity index (χ0) is 19.5. The van der Waals surface area contributed by atoms with Gasteiger partial charge in [0.1, 0.15) is 5.82 Å². The van der Waals surface area contributed by atoms with Crippen LogP contribution in [0.5, 0.6) is 0 Å². The minimum absolute atomic E-state index is 0.118. The SMILES string of the molecule is CC1CN(C(=O)CN2CCN(c3ccnc(N4CCCC4)n3)CC2)CC(C)O1. The maximum absolute atomic E-state index is 12.7. The molecular formula is C20H32N6O2. The number of amides is 1. The Bertz CT molecular complexity index is 662. The molecule has 28 heavy (non-hydrogen) atoms. The van der Waals surface area contributed by atoms with Gasteiger partial charge >= 0.3 is 0 Å². The van der Waals surface area contributed by atoms with Gasteiger partial charge in [0.2, 0.25) is 11.9 Å². The molecule has 4 rings (SSSR count). The first-order chi connectivity index (χ1) is 13.6. The van der Waals surface area contributed by atoms with E-state index in [2.05, 4.69) is 19.7 Å². The molecule has 154 valence electrons. The predicted molar refractivity (Wildman–Crippen MR) is 109 cm³/mol. The van der Waals surface area contributed by atoms with E-state index in [1.165, 1.54) is 12.8 Å². The molecule has 1 aromatic heterocycles. The number of hydrogen-bond acceptors (Lipinski definition) is 7. The Balaban J connectivity index is 1.29. The van der Waals surface area contributed by atoms with Gasteiger partial charge in [-0.05, 0) is 32.8 Å². The summed E-state index contributed by atoms with van der Waals surface area (Å²) in [4.78, 5) is 30.7. The Morgan fingerprint density at radius 1 is 1.04 bits per heavy atom. The fourth-order valence-corrected chi connectivity index (χ4v) is 4.39. The molecule has 3 fully saturated rings. The molecule has 0 bridgehead atoms. The van der Waals surface area contributed by atoms with E-state index in [4.69, 9.17) is 9.72 Å². The Hall–Kier alpha value is -1.93. The number of aromatic nitrogens is 2. The van der Waals surface area contributed by atoms with Crippen molar-refractivity contribution in [3.63, 3.8) is 0 Å². The standard InChI is InChI=1S/C20H32N6O2/c1-16-13-26(14-17(2)28-16)19(27)15-23-9-11-24(12-10-23)18-5-6-21-20(22-18)25-7-3-4-8-25/h5-6,16-17H,3-4,7-15H2,1-2H3. The number of nitrogens with zero attached hydrogens (tertiary/aromatic N) is 6. The molecule has 0 radical (unpaired) electrons. The van der Waals surface area contributed by atoms with E-state index in [1.54, 1.807) is 0 Å². The second-order valence-electron chi connectivity index (χ2n) is 8.23. The number of hydrogen-bond donors (Lipinski definition) is 0. The van der Waals surface area contributed by atoms with Crippen LogP contribution in [0.2, 0.25) is 0 Å². The van der Waals surface area contributed by atoms with Crippen LogP contribution in [-0.2, 0) is 9.53 Å². The van der Waals surface area contributed by atoms with Gasteiger partial charge < -0.3 is 19.4 Å². The largest absolute Gasteiger partial charge is 0.372 e. The summed E-state index contributed by atoms with van der Waals surface area (Å²) in [5.41, 5.74) is 0. The molecule has 3 aliphatic heterocycles. The number of ether oxygens (including phenoxy) is 1. The van der Waals surface area contributed by atoms with E-state index in [-0.39, 0.29) is 18.1 Å². The van der Waals surface area contributed by atoms with E-state index in [1.807, 2.05) is 31.0 Å². The first-order valence-electron chi connectivity index (χ1n) is 10.6. The van der Waals surface area contributed by atoms with Crippen LogP contribution in [0.15, 0.2) is 12.3 Å². The van der Waals surface area contributed by atoms with Gasteiger partial charge in [0, 0.05) is 58.6 Å². The van der Waals surface area contributed by atoms with Crippen LogP contribution >= 0.6 is 0 Å². The van der Waals surface area contributed by atoms with Gasteiger partial charge in [-0.25, -0.2) is 4.98 Å². The lowest BCUT2D eigenvalue weighted by atomic mass is 10.2. The lowest BCUT2D eigenvalue weighted by Crippen LogP contribution is -2.54. The summed E-state index contributed by atoms with van der Waals surface area (Å²) in [5, 5.41) is 0. The average molecular weight is 389 g/mol. The molecule has 8 nitrogen and oxygen atoms in total. The van der Waals surface area contributed by atoms with Crippen molar-refractivity contribution in [2.24, 2.45) is 0 Å². The normalized spacial score (nSPS) is 26.7. The topological polar surface area (TPSA) is 65.0 Å². The third-order valence-corrected chi connectivity index (χ3v) is 5.84. The summed E-state index contributed by atoms with van der Waals surface area (Å²) in [6, 6.07) is 2.00. The highest BCUT2D eigenvalue weighted by atomic mass is 16.5. The molecule has 0 saturated carbocycles. The Kier molecular flexibility index (Phi) is 5.96. The van der Waals surface area contributed by atoms with Gasteiger partial charge in [-0.2, -0.15) is 4.98 Å². The second-order valence-corrected chi connectivity index (χ2v) is 8.23. The molecule has 1 amide bonds. The minimum Gasteiger partial charge on any atom is -0.372 e. The maximum Gasteiger partial charge on any atom is 0.236 e. The molecule has 3 aliphatic rings. The number of carbonyl (C=O) groups is 1. The minimum atomic E-state index is 0.118. The van der Waals surface area contributed by atoms with Gasteiger partial charge in [-0.15, -0.1) is 0 Å². The molecule has 0 spiro atoms. The number of anilines is 2. The highest BCUT2D eigenvalue weighted by molar-refractivity contribution is 5.78. The zero-order valence-corrected chi connectivity index (χ0v) is 17.1. The highest BCUT2D eigenvalue weighted by Gasteiger charge is 2.28. The van der Waals surface area contributed by atoms with Crippen molar-refractivity contribution in [2.45, 2.75) is 38.9 Å². The monoisotopic (exact) mass is 388 g/mol. The summed E-state index contributed by atoms with van der Waals surface area (Å²) >= 11 is 0. The van der Waals surface area contributed by atoms with Crippen LogP contribution in [0, 0.1) is 0 Å². The van der Waals surface area contributed by atoms with Crippen molar-refractivity contribution in [2.75, 3.05) is 68.7 Å². The average Bonchev–Trinajstić information content (AvgIpc) is 3.23. The lowest BCUT2D eigenvalue weighted by molar-refractivity contribution is -0.144. The first kappa shape index (κ1) is 19.4. The van der Waals surface area contributed by atoms with Crippen LogP contribution in [0.3, 0.4) is 0 Å². The fraction of sp³-hybridized carbons (Fsp3) is 0.750. The lowest BCUT2D eigenvalue weighted by Gasteiger charge is -2.38. The molecule has 1 aromatic rings. The third kappa shape index (κ3) is 4.55. The van der Waals surface area contributed by atoms with E-state index >= 15 is 0 Å². The summed E-state index contributed by atoms with van der Waals surface area (Å²) in [6.07, 6.45) is 4.55. The van der Waals surface area contributed by atoms with Gasteiger partial charge in [0.05, 0.1) is 18.8 Å². The van der Waals surface area contributed by atoms with E-state index in [0.717, 1.165) is 51.0 Å². The molecular weight excluding hydrogens is 356 g/mol. The van der Waals surface area contributed by atoms with Crippen LogP contribution in [0.4, 0.5) is 11.8 Å². The maximum atomic E-state index is 12.7. The molecule has 2 atom stereocenters. The first-order valence-corrected chi connectivity index (χ1v) is 10.6. The van der Waals surface area contributed by atoms with Crippen molar-refractivity contribution in [1.29, 1.82) is 0 Å². The summed E-state index contributed by atoms with van der Waals surface area (Å²) in [5.74, 6) is 2.07. The van der Waals surface area contributed by atoms with Crippen LogP contribution < -0.4 is 9.80 Å². The van der Waals surface area contributed by atoms with Crippen molar-refractivity contribution < 1.29 is 9.53 Å². The fourth-order valence-electron chi connectivity index (χ4n) is 4.39. The van der Waals surface area contributed by atoms with E-state index < -0.39 is 0 Å². The van der Waals surface area contributed by atoms with Crippen molar-refractivity contribution in [3.05, 3.63) is 12.3 Å². The Labute approximate surface area is 167 Å². The van der Waals surface area contributed by atoms with Crippen molar-refractivity contribution in [3.8, 4) is 0 Å². The van der Waals surface area contributed by atoms with Gasteiger partial charge in [-0.3, -0.25) is 9.69 Å². The Morgan fingerprint density at radius 3 is 2.39 bits per heavy atom. The quantitative estimate of drug-likeness (QED) is 0.757.